The van der Waals surface area contributed by atoms with Crippen LogP contribution in [0.25, 0.3) is 10.9 Å². The van der Waals surface area contributed by atoms with Crippen molar-refractivity contribution < 1.29 is 9.47 Å². The smallest absolute Gasteiger partial charge is 0.162 e. The monoisotopic (exact) mass is 365 g/mol. The van der Waals surface area contributed by atoms with Crippen molar-refractivity contribution in [3.05, 3.63) is 48.5 Å². The lowest BCUT2D eigenvalue weighted by Gasteiger charge is -2.35. The Balaban J connectivity index is 1.53. The Kier molecular flexibility index (Phi) is 5.02. The molecule has 0 atom stereocenters. The SMILES string of the molecule is COc1cc2ncnc(N3CCN(Cc4ccccn4)CC3)c2cc1OC. The zero-order valence-electron chi connectivity index (χ0n) is 15.6. The quantitative estimate of drug-likeness (QED) is 0.688. The van der Waals surface area contributed by atoms with Crippen molar-refractivity contribution in [1.29, 1.82) is 0 Å². The van der Waals surface area contributed by atoms with Gasteiger partial charge in [0, 0.05) is 50.4 Å². The van der Waals surface area contributed by atoms with Crippen LogP contribution in [0.1, 0.15) is 5.69 Å². The molecule has 0 saturated carbocycles. The number of ether oxygens (including phenoxy) is 2. The summed E-state index contributed by atoms with van der Waals surface area (Å²) in [7, 11) is 3.27. The number of benzene rings is 1. The number of aromatic nitrogens is 3. The number of pyridine rings is 1. The van der Waals surface area contributed by atoms with Gasteiger partial charge < -0.3 is 14.4 Å². The molecule has 0 amide bonds. The maximum absolute atomic E-state index is 5.46. The minimum atomic E-state index is 0.676. The molecule has 1 aliphatic rings. The van der Waals surface area contributed by atoms with E-state index in [1.54, 1.807) is 20.5 Å². The second-order valence-corrected chi connectivity index (χ2v) is 6.51. The maximum atomic E-state index is 5.46. The molecule has 1 saturated heterocycles. The fraction of sp³-hybridized carbons (Fsp3) is 0.350. The summed E-state index contributed by atoms with van der Waals surface area (Å²) < 4.78 is 10.8. The van der Waals surface area contributed by atoms with Crippen LogP contribution in [0.3, 0.4) is 0 Å². The van der Waals surface area contributed by atoms with Crippen LogP contribution < -0.4 is 14.4 Å². The Morgan fingerprint density at radius 1 is 0.926 bits per heavy atom. The van der Waals surface area contributed by atoms with E-state index < -0.39 is 0 Å². The molecule has 7 nitrogen and oxygen atoms in total. The molecule has 27 heavy (non-hydrogen) atoms. The highest BCUT2D eigenvalue weighted by atomic mass is 16.5. The lowest BCUT2D eigenvalue weighted by molar-refractivity contribution is 0.247. The third kappa shape index (κ3) is 3.64. The topological polar surface area (TPSA) is 63.6 Å². The fourth-order valence-electron chi connectivity index (χ4n) is 3.46. The molecule has 0 radical (unpaired) electrons. The number of nitrogens with zero attached hydrogens (tertiary/aromatic N) is 5. The molecule has 2 aromatic heterocycles. The highest BCUT2D eigenvalue weighted by molar-refractivity contribution is 5.92. The first-order valence-electron chi connectivity index (χ1n) is 9.02. The molecule has 4 rings (SSSR count). The minimum Gasteiger partial charge on any atom is -0.493 e. The van der Waals surface area contributed by atoms with Crippen LogP contribution in [0.5, 0.6) is 11.5 Å². The number of hydrogen-bond donors (Lipinski definition) is 0. The Morgan fingerprint density at radius 2 is 1.70 bits per heavy atom. The van der Waals surface area contributed by atoms with E-state index >= 15 is 0 Å². The average Bonchev–Trinajstić information content (AvgIpc) is 2.73. The normalized spacial score (nSPS) is 15.1. The first-order valence-corrected chi connectivity index (χ1v) is 9.02. The van der Waals surface area contributed by atoms with Gasteiger partial charge in [-0.15, -0.1) is 0 Å². The standard InChI is InChI=1S/C20H23N5O2/c1-26-18-11-16-17(12-19(18)27-2)22-14-23-20(16)25-9-7-24(8-10-25)13-15-5-3-4-6-21-15/h3-6,11-12,14H,7-10,13H2,1-2H3. The minimum absolute atomic E-state index is 0.676. The largest absolute Gasteiger partial charge is 0.493 e. The zero-order chi connectivity index (χ0) is 18.6. The summed E-state index contributed by atoms with van der Waals surface area (Å²) in [6.07, 6.45) is 3.46. The number of piperazine rings is 1. The van der Waals surface area contributed by atoms with Crippen LogP contribution in [0.4, 0.5) is 5.82 Å². The van der Waals surface area contributed by atoms with Gasteiger partial charge in [0.2, 0.25) is 0 Å². The molecule has 7 heteroatoms. The second-order valence-electron chi connectivity index (χ2n) is 6.51. The molecular formula is C20H23N5O2. The van der Waals surface area contributed by atoms with Gasteiger partial charge in [-0.05, 0) is 18.2 Å². The van der Waals surface area contributed by atoms with Crippen molar-refractivity contribution in [3.8, 4) is 11.5 Å². The summed E-state index contributed by atoms with van der Waals surface area (Å²) in [5, 5.41) is 0.980. The molecular weight excluding hydrogens is 342 g/mol. The summed E-state index contributed by atoms with van der Waals surface area (Å²) in [5.74, 6) is 2.31. The summed E-state index contributed by atoms with van der Waals surface area (Å²) in [5.41, 5.74) is 1.96. The van der Waals surface area contributed by atoms with Crippen LogP contribution in [-0.2, 0) is 6.54 Å². The molecule has 0 unspecified atom stereocenters. The van der Waals surface area contributed by atoms with Gasteiger partial charge >= 0.3 is 0 Å². The third-order valence-electron chi connectivity index (χ3n) is 4.90. The first kappa shape index (κ1) is 17.5. The molecule has 0 N–H and O–H groups in total. The second kappa shape index (κ2) is 7.75. The summed E-state index contributed by atoms with van der Waals surface area (Å²) in [4.78, 5) is 18.1. The number of fused-ring (bicyclic) bond motifs is 1. The van der Waals surface area contributed by atoms with Gasteiger partial charge in [0.15, 0.2) is 11.5 Å². The highest BCUT2D eigenvalue weighted by Crippen LogP contribution is 2.34. The van der Waals surface area contributed by atoms with Crippen LogP contribution in [0, 0.1) is 0 Å². The highest BCUT2D eigenvalue weighted by Gasteiger charge is 2.21. The molecule has 0 aliphatic carbocycles. The lowest BCUT2D eigenvalue weighted by Crippen LogP contribution is -2.46. The Hall–Kier alpha value is -2.93. The van der Waals surface area contributed by atoms with Crippen molar-refractivity contribution in [2.24, 2.45) is 0 Å². The molecule has 140 valence electrons. The lowest BCUT2D eigenvalue weighted by atomic mass is 10.2. The van der Waals surface area contributed by atoms with Crippen molar-refractivity contribution in [2.75, 3.05) is 45.3 Å². The van der Waals surface area contributed by atoms with E-state index in [-0.39, 0.29) is 0 Å². The van der Waals surface area contributed by atoms with Crippen LogP contribution in [0.2, 0.25) is 0 Å². The van der Waals surface area contributed by atoms with Gasteiger partial charge in [0.05, 0.1) is 25.4 Å². The van der Waals surface area contributed by atoms with Gasteiger partial charge in [-0.2, -0.15) is 0 Å². The molecule has 3 aromatic rings. The predicted octanol–water partition coefficient (Wildman–Crippen LogP) is 2.36. The average molecular weight is 365 g/mol. The van der Waals surface area contributed by atoms with Crippen molar-refractivity contribution in [3.63, 3.8) is 0 Å². The number of anilines is 1. The molecule has 1 aromatic carbocycles. The Morgan fingerprint density at radius 3 is 2.41 bits per heavy atom. The van der Waals surface area contributed by atoms with Crippen LogP contribution in [-0.4, -0.2) is 60.3 Å². The molecule has 1 fully saturated rings. The number of hydrogen-bond acceptors (Lipinski definition) is 7. The van der Waals surface area contributed by atoms with E-state index in [1.165, 1.54) is 0 Å². The van der Waals surface area contributed by atoms with Gasteiger partial charge in [0.1, 0.15) is 12.1 Å². The number of methoxy groups -OCH3 is 2. The van der Waals surface area contributed by atoms with E-state index in [2.05, 4.69) is 30.8 Å². The summed E-state index contributed by atoms with van der Waals surface area (Å²) in [6, 6.07) is 9.92. The van der Waals surface area contributed by atoms with Gasteiger partial charge in [-0.25, -0.2) is 9.97 Å². The van der Waals surface area contributed by atoms with Gasteiger partial charge in [-0.1, -0.05) is 6.07 Å². The number of rotatable bonds is 5. The first-order chi connectivity index (χ1) is 13.3. The Bertz CT molecular complexity index is 911. The summed E-state index contributed by atoms with van der Waals surface area (Å²) in [6.45, 7) is 4.63. The molecule has 0 spiro atoms. The van der Waals surface area contributed by atoms with Crippen molar-refractivity contribution in [2.45, 2.75) is 6.54 Å². The Labute approximate surface area is 158 Å². The predicted molar refractivity (Wildman–Crippen MR) is 104 cm³/mol. The maximum Gasteiger partial charge on any atom is 0.162 e. The van der Waals surface area contributed by atoms with E-state index in [1.807, 2.05) is 30.5 Å². The molecule has 0 bridgehead atoms. The van der Waals surface area contributed by atoms with Crippen LogP contribution in [0.15, 0.2) is 42.9 Å². The van der Waals surface area contributed by atoms with Crippen molar-refractivity contribution in [1.82, 2.24) is 19.9 Å². The van der Waals surface area contributed by atoms with Crippen molar-refractivity contribution >= 4 is 16.7 Å². The van der Waals surface area contributed by atoms with E-state index in [0.29, 0.717) is 11.5 Å². The molecule has 1 aliphatic heterocycles. The zero-order valence-corrected chi connectivity index (χ0v) is 15.6. The summed E-state index contributed by atoms with van der Waals surface area (Å²) >= 11 is 0. The molecule has 3 heterocycles. The van der Waals surface area contributed by atoms with Crippen LogP contribution >= 0.6 is 0 Å². The van der Waals surface area contributed by atoms with Gasteiger partial charge in [-0.3, -0.25) is 9.88 Å². The van der Waals surface area contributed by atoms with E-state index in [4.69, 9.17) is 9.47 Å². The third-order valence-corrected chi connectivity index (χ3v) is 4.90. The van der Waals surface area contributed by atoms with Gasteiger partial charge in [0.25, 0.3) is 0 Å². The van der Waals surface area contributed by atoms with E-state index in [9.17, 15) is 0 Å². The fourth-order valence-corrected chi connectivity index (χ4v) is 3.46. The van der Waals surface area contributed by atoms with E-state index in [0.717, 1.165) is 55.1 Å².